The summed E-state index contributed by atoms with van der Waals surface area (Å²) in [6.45, 7) is 4.98. The van der Waals surface area contributed by atoms with Gasteiger partial charge in [0.05, 0.1) is 0 Å². The van der Waals surface area contributed by atoms with E-state index < -0.39 is 12.2 Å². The molecule has 2 aliphatic rings. The highest BCUT2D eigenvalue weighted by Gasteiger charge is 2.48. The first-order chi connectivity index (χ1) is 12.0. The molecule has 2 aliphatic heterocycles. The third-order valence-corrected chi connectivity index (χ3v) is 5.59. The van der Waals surface area contributed by atoms with Crippen molar-refractivity contribution in [3.8, 4) is 0 Å². The van der Waals surface area contributed by atoms with E-state index in [4.69, 9.17) is 4.99 Å². The molecule has 0 aliphatic carbocycles. The Labute approximate surface area is 152 Å². The smallest absolute Gasteiger partial charge is 0.325 e. The summed E-state index contributed by atoms with van der Waals surface area (Å²) >= 11 is 1.56. The van der Waals surface area contributed by atoms with E-state index in [-0.39, 0.29) is 11.9 Å². The normalized spacial score (nSPS) is 22.8. The van der Waals surface area contributed by atoms with Gasteiger partial charge in [-0.3, -0.25) is 10.1 Å². The van der Waals surface area contributed by atoms with Crippen LogP contribution in [0.1, 0.15) is 31.7 Å². The molecule has 3 amide bonds. The predicted molar refractivity (Wildman–Crippen MR) is 99.6 cm³/mol. The Kier molecular flexibility index (Phi) is 5.32. The van der Waals surface area contributed by atoms with Gasteiger partial charge in [0, 0.05) is 18.5 Å². The highest BCUT2D eigenvalue weighted by molar-refractivity contribution is 8.13. The number of nitrogens with zero attached hydrogens (tertiary/aromatic N) is 3. The van der Waals surface area contributed by atoms with Crippen LogP contribution in [0.4, 0.5) is 4.79 Å². The van der Waals surface area contributed by atoms with Crippen molar-refractivity contribution in [2.75, 3.05) is 13.6 Å². The van der Waals surface area contributed by atoms with Gasteiger partial charge in [-0.05, 0) is 25.5 Å². The van der Waals surface area contributed by atoms with Crippen LogP contribution in [-0.2, 0) is 4.79 Å². The van der Waals surface area contributed by atoms with E-state index in [0.717, 1.165) is 35.9 Å². The first-order valence-corrected chi connectivity index (χ1v) is 9.49. The molecule has 3 rings (SSSR count). The standard InChI is InChI=1S/C18H24N4O2S/c1-4-5-6-11-22-14-15(21(3)17(24)20-16(14)23)19-18(22)25-13-9-7-12(2)8-10-13/h7-10,14-15H,4-6,11H2,1-3H3,(H,20,23,24). The second kappa shape index (κ2) is 7.47. The van der Waals surface area contributed by atoms with Gasteiger partial charge in [-0.2, -0.15) is 0 Å². The summed E-state index contributed by atoms with van der Waals surface area (Å²) < 4.78 is 0. The van der Waals surface area contributed by atoms with Crippen LogP contribution in [0, 0.1) is 6.92 Å². The zero-order chi connectivity index (χ0) is 18.0. The number of nitrogens with one attached hydrogen (secondary N) is 1. The predicted octanol–water partition coefficient (Wildman–Crippen LogP) is 2.83. The fraction of sp³-hybridized carbons (Fsp3) is 0.500. The summed E-state index contributed by atoms with van der Waals surface area (Å²) in [4.78, 5) is 33.7. The highest BCUT2D eigenvalue weighted by atomic mass is 32.2. The molecule has 0 saturated carbocycles. The number of likely N-dealkylation sites (N-methyl/N-ethyl adjacent to an activating group) is 1. The maximum absolute atomic E-state index is 12.4. The van der Waals surface area contributed by atoms with E-state index in [1.165, 1.54) is 10.5 Å². The Hall–Kier alpha value is -2.02. The van der Waals surface area contributed by atoms with Gasteiger partial charge in [-0.1, -0.05) is 49.2 Å². The number of amides is 3. The van der Waals surface area contributed by atoms with Crippen LogP contribution in [0.25, 0.3) is 0 Å². The molecule has 1 aromatic rings. The van der Waals surface area contributed by atoms with Gasteiger partial charge in [0.15, 0.2) is 17.4 Å². The fourth-order valence-corrected chi connectivity index (χ4v) is 4.03. The van der Waals surface area contributed by atoms with Crippen molar-refractivity contribution in [2.45, 2.75) is 50.2 Å². The lowest BCUT2D eigenvalue weighted by atomic mass is 10.1. The first kappa shape index (κ1) is 17.8. The number of rotatable bonds is 5. The molecule has 134 valence electrons. The minimum absolute atomic E-state index is 0.257. The van der Waals surface area contributed by atoms with Gasteiger partial charge in [-0.15, -0.1) is 0 Å². The Morgan fingerprint density at radius 3 is 2.60 bits per heavy atom. The van der Waals surface area contributed by atoms with Gasteiger partial charge in [0.2, 0.25) is 0 Å². The quantitative estimate of drug-likeness (QED) is 0.820. The van der Waals surface area contributed by atoms with Crippen molar-refractivity contribution in [2.24, 2.45) is 4.99 Å². The Balaban J connectivity index is 1.85. The van der Waals surface area contributed by atoms with Crippen LogP contribution >= 0.6 is 11.8 Å². The lowest BCUT2D eigenvalue weighted by molar-refractivity contribution is -0.127. The topological polar surface area (TPSA) is 65.0 Å². The zero-order valence-corrected chi connectivity index (χ0v) is 15.7. The SMILES string of the molecule is CCCCCN1C(Sc2ccc(C)cc2)=NC2C1C(=O)NC(=O)N2C. The molecule has 25 heavy (non-hydrogen) atoms. The van der Waals surface area contributed by atoms with Crippen molar-refractivity contribution < 1.29 is 9.59 Å². The van der Waals surface area contributed by atoms with Crippen LogP contribution in [0.2, 0.25) is 0 Å². The number of benzene rings is 1. The molecule has 0 radical (unpaired) electrons. The molecule has 0 bridgehead atoms. The van der Waals surface area contributed by atoms with Crippen molar-refractivity contribution in [3.63, 3.8) is 0 Å². The molecule has 1 fully saturated rings. The third-order valence-electron chi connectivity index (χ3n) is 4.56. The van der Waals surface area contributed by atoms with Crippen molar-refractivity contribution in [1.82, 2.24) is 15.1 Å². The number of carbonyl (C=O) groups excluding carboxylic acids is 2. The minimum atomic E-state index is -0.448. The number of carbonyl (C=O) groups is 2. The fourth-order valence-electron chi connectivity index (χ4n) is 3.06. The Bertz CT molecular complexity index is 689. The summed E-state index contributed by atoms with van der Waals surface area (Å²) in [7, 11) is 1.69. The zero-order valence-electron chi connectivity index (χ0n) is 14.9. The lowest BCUT2D eigenvalue weighted by Crippen LogP contribution is -2.63. The molecule has 1 aromatic carbocycles. The molecule has 2 unspecified atom stereocenters. The van der Waals surface area contributed by atoms with E-state index in [1.807, 2.05) is 0 Å². The number of thioether (sulfide) groups is 1. The molecule has 0 spiro atoms. The maximum Gasteiger partial charge on any atom is 0.325 e. The number of aryl methyl sites for hydroxylation is 1. The Morgan fingerprint density at radius 2 is 1.92 bits per heavy atom. The number of fused-ring (bicyclic) bond motifs is 1. The summed E-state index contributed by atoms with van der Waals surface area (Å²) in [5, 5.41) is 3.25. The number of hydrogen-bond donors (Lipinski definition) is 1. The van der Waals surface area contributed by atoms with Crippen LogP contribution in [0.15, 0.2) is 34.2 Å². The molecular weight excluding hydrogens is 336 g/mol. The second-order valence-corrected chi connectivity index (χ2v) is 7.53. The van der Waals surface area contributed by atoms with Gasteiger partial charge in [0.1, 0.15) is 0 Å². The summed E-state index contributed by atoms with van der Waals surface area (Å²) in [5.41, 5.74) is 1.20. The van der Waals surface area contributed by atoms with Crippen molar-refractivity contribution in [3.05, 3.63) is 29.8 Å². The average Bonchev–Trinajstić information content (AvgIpc) is 2.94. The summed E-state index contributed by atoms with van der Waals surface area (Å²) in [6.07, 6.45) is 2.77. The highest BCUT2D eigenvalue weighted by Crippen LogP contribution is 2.32. The molecule has 1 saturated heterocycles. The van der Waals surface area contributed by atoms with Crippen LogP contribution < -0.4 is 5.32 Å². The van der Waals surface area contributed by atoms with Gasteiger partial charge in [0.25, 0.3) is 5.91 Å². The van der Waals surface area contributed by atoms with E-state index in [0.29, 0.717) is 0 Å². The lowest BCUT2D eigenvalue weighted by Gasteiger charge is -2.36. The van der Waals surface area contributed by atoms with Crippen molar-refractivity contribution in [1.29, 1.82) is 0 Å². The molecule has 1 N–H and O–H groups in total. The third kappa shape index (κ3) is 3.66. The van der Waals surface area contributed by atoms with E-state index in [2.05, 4.69) is 48.3 Å². The average molecular weight is 360 g/mol. The molecule has 0 aromatic heterocycles. The number of aliphatic imine (C=N–C) groups is 1. The Morgan fingerprint density at radius 1 is 1.20 bits per heavy atom. The monoisotopic (exact) mass is 360 g/mol. The number of urea groups is 1. The summed E-state index contributed by atoms with van der Waals surface area (Å²) in [5.74, 6) is -0.257. The number of hydrogen-bond acceptors (Lipinski definition) is 5. The van der Waals surface area contributed by atoms with Gasteiger partial charge in [-0.25, -0.2) is 9.79 Å². The number of imide groups is 1. The van der Waals surface area contributed by atoms with E-state index in [9.17, 15) is 9.59 Å². The second-order valence-electron chi connectivity index (χ2n) is 6.49. The summed E-state index contributed by atoms with van der Waals surface area (Å²) in [6, 6.07) is 7.43. The largest absolute Gasteiger partial charge is 0.335 e. The van der Waals surface area contributed by atoms with Gasteiger partial charge >= 0.3 is 6.03 Å². The van der Waals surface area contributed by atoms with Crippen LogP contribution in [0.5, 0.6) is 0 Å². The van der Waals surface area contributed by atoms with Crippen molar-refractivity contribution >= 4 is 28.9 Å². The first-order valence-electron chi connectivity index (χ1n) is 8.68. The maximum atomic E-state index is 12.4. The van der Waals surface area contributed by atoms with Gasteiger partial charge < -0.3 is 9.80 Å². The number of unbranched alkanes of at least 4 members (excludes halogenated alkanes) is 2. The molecular formula is C18H24N4O2S. The molecule has 6 nitrogen and oxygen atoms in total. The number of amidine groups is 1. The minimum Gasteiger partial charge on any atom is -0.335 e. The van der Waals surface area contributed by atoms with Crippen LogP contribution in [0.3, 0.4) is 0 Å². The molecule has 2 heterocycles. The molecule has 7 heteroatoms. The van der Waals surface area contributed by atoms with E-state index in [1.54, 1.807) is 18.8 Å². The van der Waals surface area contributed by atoms with E-state index >= 15 is 0 Å². The molecule has 2 atom stereocenters. The van der Waals surface area contributed by atoms with Crippen LogP contribution in [-0.4, -0.2) is 52.7 Å².